The number of terminal acetylenes is 1. The summed E-state index contributed by atoms with van der Waals surface area (Å²) in [7, 11) is 0. The van der Waals surface area contributed by atoms with Gasteiger partial charge in [-0.2, -0.15) is 0 Å². The lowest BCUT2D eigenvalue weighted by atomic mass is 10.1. The first-order valence-corrected chi connectivity index (χ1v) is 6.24. The molecule has 0 aliphatic heterocycles. The Labute approximate surface area is 114 Å². The smallest absolute Gasteiger partial charge is 0.143 e. The fraction of sp³-hybridized carbons (Fsp3) is 0.111. The Balaban J connectivity index is 1.88. The summed E-state index contributed by atoms with van der Waals surface area (Å²) in [6.07, 6.45) is 9.21. The van der Waals surface area contributed by atoms with Gasteiger partial charge in [-0.15, -0.1) is 6.42 Å². The summed E-state index contributed by atoms with van der Waals surface area (Å²) in [5.74, 6) is 2.66. The topological polar surface area (TPSA) is 9.23 Å². The highest BCUT2D eigenvalue weighted by Crippen LogP contribution is 2.15. The maximum absolute atomic E-state index is 5.68. The second-order valence-electron chi connectivity index (χ2n) is 4.10. The van der Waals surface area contributed by atoms with Crippen molar-refractivity contribution in [3.05, 3.63) is 77.9 Å². The minimum atomic E-state index is -0.290. The molecule has 0 saturated heterocycles. The fourth-order valence-corrected chi connectivity index (χ4v) is 1.77. The third-order valence-electron chi connectivity index (χ3n) is 2.72. The largest absolute Gasteiger partial charge is 0.357 e. The minimum Gasteiger partial charge on any atom is -0.357 e. The van der Waals surface area contributed by atoms with Gasteiger partial charge in [0, 0.05) is 0 Å². The monoisotopic (exact) mass is 248 g/mol. The molecule has 0 aromatic heterocycles. The van der Waals surface area contributed by atoms with E-state index in [1.54, 1.807) is 0 Å². The van der Waals surface area contributed by atoms with Gasteiger partial charge in [-0.25, -0.2) is 0 Å². The van der Waals surface area contributed by atoms with Crippen molar-refractivity contribution < 1.29 is 4.74 Å². The summed E-state index contributed by atoms with van der Waals surface area (Å²) < 4.78 is 5.68. The van der Waals surface area contributed by atoms with Crippen molar-refractivity contribution in [3.8, 4) is 12.3 Å². The summed E-state index contributed by atoms with van der Waals surface area (Å²) >= 11 is 0. The van der Waals surface area contributed by atoms with Crippen molar-refractivity contribution in [1.29, 1.82) is 0 Å². The van der Waals surface area contributed by atoms with E-state index in [0.717, 1.165) is 11.1 Å². The molecule has 0 aliphatic rings. The molecule has 0 amide bonds. The molecule has 1 nitrogen and oxygen atoms in total. The molecular weight excluding hydrogens is 232 g/mol. The third kappa shape index (κ3) is 4.13. The zero-order chi connectivity index (χ0) is 13.3. The maximum atomic E-state index is 5.68. The molecule has 1 unspecified atom stereocenters. The number of rotatable bonds is 5. The average molecular weight is 248 g/mol. The Morgan fingerprint density at radius 3 is 2.26 bits per heavy atom. The van der Waals surface area contributed by atoms with Crippen molar-refractivity contribution in [2.45, 2.75) is 6.10 Å². The predicted molar refractivity (Wildman–Crippen MR) is 79.4 cm³/mol. The molecule has 19 heavy (non-hydrogen) atoms. The molecule has 0 spiro atoms. The van der Waals surface area contributed by atoms with Crippen LogP contribution in [-0.2, 0) is 4.74 Å². The van der Waals surface area contributed by atoms with E-state index in [-0.39, 0.29) is 6.10 Å². The van der Waals surface area contributed by atoms with Gasteiger partial charge in [-0.05, 0) is 11.1 Å². The summed E-state index contributed by atoms with van der Waals surface area (Å²) in [6, 6.07) is 20.0. The zero-order valence-corrected chi connectivity index (χ0v) is 10.7. The first kappa shape index (κ1) is 13.1. The summed E-state index contributed by atoms with van der Waals surface area (Å²) in [6.45, 7) is 0.499. The van der Waals surface area contributed by atoms with E-state index in [4.69, 9.17) is 11.2 Å². The van der Waals surface area contributed by atoms with E-state index in [1.165, 1.54) is 0 Å². The van der Waals surface area contributed by atoms with Crippen LogP contribution in [0.25, 0.3) is 6.08 Å². The molecule has 0 heterocycles. The summed E-state index contributed by atoms with van der Waals surface area (Å²) in [5, 5.41) is 0. The second kappa shape index (κ2) is 7.20. The van der Waals surface area contributed by atoms with E-state index in [1.807, 2.05) is 72.8 Å². The number of ether oxygens (including phenoxy) is 1. The van der Waals surface area contributed by atoms with Gasteiger partial charge >= 0.3 is 0 Å². The van der Waals surface area contributed by atoms with Crippen LogP contribution in [0.5, 0.6) is 0 Å². The van der Waals surface area contributed by atoms with Crippen LogP contribution in [0, 0.1) is 12.3 Å². The maximum Gasteiger partial charge on any atom is 0.143 e. The summed E-state index contributed by atoms with van der Waals surface area (Å²) in [4.78, 5) is 0. The van der Waals surface area contributed by atoms with Crippen LogP contribution in [0.4, 0.5) is 0 Å². The first-order valence-electron chi connectivity index (χ1n) is 6.24. The van der Waals surface area contributed by atoms with E-state index < -0.39 is 0 Å². The van der Waals surface area contributed by atoms with Gasteiger partial charge in [-0.1, -0.05) is 78.7 Å². The molecule has 1 atom stereocenters. The van der Waals surface area contributed by atoms with Gasteiger partial charge in [0.15, 0.2) is 0 Å². The van der Waals surface area contributed by atoms with E-state index in [2.05, 4.69) is 5.92 Å². The predicted octanol–water partition coefficient (Wildman–Crippen LogP) is 4.09. The minimum absolute atomic E-state index is 0.290. The van der Waals surface area contributed by atoms with Crippen LogP contribution in [0.15, 0.2) is 66.7 Å². The molecule has 0 saturated carbocycles. The van der Waals surface area contributed by atoms with Crippen LogP contribution < -0.4 is 0 Å². The molecule has 94 valence electrons. The Morgan fingerprint density at radius 1 is 1.00 bits per heavy atom. The fourth-order valence-electron chi connectivity index (χ4n) is 1.77. The lowest BCUT2D eigenvalue weighted by Crippen LogP contribution is -2.01. The quantitative estimate of drug-likeness (QED) is 0.724. The van der Waals surface area contributed by atoms with Crippen LogP contribution in [0.3, 0.4) is 0 Å². The Hall–Kier alpha value is -2.30. The molecule has 0 bridgehead atoms. The standard InChI is InChI=1S/C18H16O/c1-2-18(17-13-7-4-8-14-17)19-15-9-12-16-10-5-3-6-11-16/h1,3-14,18H,15H2/b12-9+. The second-order valence-corrected chi connectivity index (χ2v) is 4.10. The van der Waals surface area contributed by atoms with Crippen LogP contribution >= 0.6 is 0 Å². The van der Waals surface area contributed by atoms with Crippen LogP contribution in [0.2, 0.25) is 0 Å². The van der Waals surface area contributed by atoms with Gasteiger partial charge in [0.2, 0.25) is 0 Å². The Morgan fingerprint density at radius 2 is 1.63 bits per heavy atom. The number of benzene rings is 2. The van der Waals surface area contributed by atoms with Gasteiger partial charge in [-0.3, -0.25) is 0 Å². The van der Waals surface area contributed by atoms with Crippen molar-refractivity contribution >= 4 is 6.08 Å². The highest BCUT2D eigenvalue weighted by molar-refractivity contribution is 5.48. The summed E-state index contributed by atoms with van der Waals surface area (Å²) in [5.41, 5.74) is 2.17. The SMILES string of the molecule is C#CC(OC/C=C/c1ccccc1)c1ccccc1. The molecule has 0 fully saturated rings. The van der Waals surface area contributed by atoms with Crippen molar-refractivity contribution in [3.63, 3.8) is 0 Å². The number of hydrogen-bond donors (Lipinski definition) is 0. The van der Waals surface area contributed by atoms with Crippen molar-refractivity contribution in [2.24, 2.45) is 0 Å². The molecular formula is C18H16O. The van der Waals surface area contributed by atoms with E-state index >= 15 is 0 Å². The molecule has 2 aromatic rings. The molecule has 2 aromatic carbocycles. The molecule has 0 N–H and O–H groups in total. The van der Waals surface area contributed by atoms with Gasteiger partial charge in [0.05, 0.1) is 6.61 Å². The Bertz CT molecular complexity index is 549. The Kier molecular flexibility index (Phi) is 4.98. The lowest BCUT2D eigenvalue weighted by Gasteiger charge is -2.10. The normalized spacial score (nSPS) is 12.2. The van der Waals surface area contributed by atoms with Gasteiger partial charge in [0.25, 0.3) is 0 Å². The van der Waals surface area contributed by atoms with Gasteiger partial charge < -0.3 is 4.74 Å². The van der Waals surface area contributed by atoms with Crippen molar-refractivity contribution in [2.75, 3.05) is 6.61 Å². The molecule has 0 aliphatic carbocycles. The van der Waals surface area contributed by atoms with Crippen LogP contribution in [-0.4, -0.2) is 6.61 Å². The van der Waals surface area contributed by atoms with Crippen molar-refractivity contribution in [1.82, 2.24) is 0 Å². The van der Waals surface area contributed by atoms with E-state index in [9.17, 15) is 0 Å². The van der Waals surface area contributed by atoms with E-state index in [0.29, 0.717) is 6.61 Å². The highest BCUT2D eigenvalue weighted by Gasteiger charge is 2.05. The number of hydrogen-bond acceptors (Lipinski definition) is 1. The lowest BCUT2D eigenvalue weighted by molar-refractivity contribution is 0.117. The molecule has 1 heteroatoms. The van der Waals surface area contributed by atoms with Crippen LogP contribution in [0.1, 0.15) is 17.2 Å². The zero-order valence-electron chi connectivity index (χ0n) is 10.7. The molecule has 2 rings (SSSR count). The average Bonchev–Trinajstić information content (AvgIpc) is 2.49. The third-order valence-corrected chi connectivity index (χ3v) is 2.72. The highest BCUT2D eigenvalue weighted by atomic mass is 16.5. The first-order chi connectivity index (χ1) is 9.40. The van der Waals surface area contributed by atoms with Gasteiger partial charge in [0.1, 0.15) is 6.10 Å². The molecule has 0 radical (unpaired) electrons.